The summed E-state index contributed by atoms with van der Waals surface area (Å²) in [6, 6.07) is 2.22. The molecule has 0 bridgehead atoms. The standard InChI is InChI=1S/C13H17BrN2OS/c14-11-6-9(8-18-11)12(17)16-10-2-5-15-13(7-10)3-1-4-13/h6,8,10,15H,1-5,7H2,(H,16,17). The largest absolute Gasteiger partial charge is 0.349 e. The second-order valence-electron chi connectivity index (χ2n) is 5.36. The van der Waals surface area contributed by atoms with E-state index in [1.165, 1.54) is 19.3 Å². The second kappa shape index (κ2) is 4.94. The van der Waals surface area contributed by atoms with Crippen LogP contribution in [0.1, 0.15) is 42.5 Å². The van der Waals surface area contributed by atoms with Gasteiger partial charge in [0.25, 0.3) is 5.91 Å². The predicted octanol–water partition coefficient (Wildman–Crippen LogP) is 2.92. The van der Waals surface area contributed by atoms with Crippen molar-refractivity contribution in [2.75, 3.05) is 6.54 Å². The van der Waals surface area contributed by atoms with E-state index in [4.69, 9.17) is 0 Å². The zero-order valence-electron chi connectivity index (χ0n) is 10.2. The number of amides is 1. The van der Waals surface area contributed by atoms with Gasteiger partial charge in [-0.05, 0) is 60.6 Å². The molecule has 0 radical (unpaired) electrons. The molecular formula is C13H17BrN2OS. The number of piperidine rings is 1. The van der Waals surface area contributed by atoms with Crippen LogP contribution >= 0.6 is 27.3 Å². The van der Waals surface area contributed by atoms with Crippen molar-refractivity contribution in [1.82, 2.24) is 10.6 Å². The fraction of sp³-hybridized carbons (Fsp3) is 0.615. The van der Waals surface area contributed by atoms with E-state index < -0.39 is 0 Å². The van der Waals surface area contributed by atoms with Crippen molar-refractivity contribution in [2.24, 2.45) is 0 Å². The van der Waals surface area contributed by atoms with Gasteiger partial charge in [0, 0.05) is 17.0 Å². The van der Waals surface area contributed by atoms with Crippen molar-refractivity contribution in [1.29, 1.82) is 0 Å². The fourth-order valence-electron chi connectivity index (χ4n) is 2.96. The predicted molar refractivity (Wildman–Crippen MR) is 77.1 cm³/mol. The van der Waals surface area contributed by atoms with Crippen molar-refractivity contribution in [3.05, 3.63) is 20.8 Å². The maximum absolute atomic E-state index is 12.1. The van der Waals surface area contributed by atoms with Gasteiger partial charge in [0.2, 0.25) is 0 Å². The quantitative estimate of drug-likeness (QED) is 0.876. The summed E-state index contributed by atoms with van der Waals surface area (Å²) in [6.07, 6.45) is 5.99. The van der Waals surface area contributed by atoms with Crippen molar-refractivity contribution in [3.63, 3.8) is 0 Å². The Morgan fingerprint density at radius 3 is 3.00 bits per heavy atom. The van der Waals surface area contributed by atoms with Gasteiger partial charge in [0.15, 0.2) is 0 Å². The Hall–Kier alpha value is -0.390. The van der Waals surface area contributed by atoms with Gasteiger partial charge in [-0.1, -0.05) is 0 Å². The van der Waals surface area contributed by atoms with Gasteiger partial charge in [0.1, 0.15) is 0 Å². The molecule has 1 aromatic heterocycles. The van der Waals surface area contributed by atoms with Crippen LogP contribution in [0.3, 0.4) is 0 Å². The first-order chi connectivity index (χ1) is 8.67. The first-order valence-electron chi connectivity index (χ1n) is 6.47. The minimum Gasteiger partial charge on any atom is -0.349 e. The molecule has 1 aliphatic carbocycles. The molecule has 1 atom stereocenters. The summed E-state index contributed by atoms with van der Waals surface area (Å²) in [5.41, 5.74) is 1.11. The number of hydrogen-bond donors (Lipinski definition) is 2. The van der Waals surface area contributed by atoms with E-state index >= 15 is 0 Å². The van der Waals surface area contributed by atoms with Crippen LogP contribution in [0.15, 0.2) is 15.2 Å². The lowest BCUT2D eigenvalue weighted by Gasteiger charge is -2.48. The molecule has 3 nitrogen and oxygen atoms in total. The molecule has 2 N–H and O–H groups in total. The van der Waals surface area contributed by atoms with E-state index in [9.17, 15) is 4.79 Å². The van der Waals surface area contributed by atoms with Gasteiger partial charge < -0.3 is 10.6 Å². The van der Waals surface area contributed by atoms with Crippen LogP contribution in [0.4, 0.5) is 0 Å². The summed E-state index contributed by atoms with van der Waals surface area (Å²) in [7, 11) is 0. The number of thiophene rings is 1. The van der Waals surface area contributed by atoms with E-state index in [0.717, 1.165) is 28.7 Å². The minimum atomic E-state index is 0.0679. The highest BCUT2D eigenvalue weighted by Gasteiger charge is 2.41. The highest BCUT2D eigenvalue weighted by Crippen LogP contribution is 2.38. The number of halogens is 1. The smallest absolute Gasteiger partial charge is 0.252 e. The summed E-state index contributed by atoms with van der Waals surface area (Å²) in [5.74, 6) is 0.0679. The summed E-state index contributed by atoms with van der Waals surface area (Å²) in [5, 5.41) is 8.70. The zero-order valence-corrected chi connectivity index (χ0v) is 12.6. The Morgan fingerprint density at radius 2 is 2.39 bits per heavy atom. The molecule has 3 rings (SSSR count). The lowest BCUT2D eigenvalue weighted by Crippen LogP contribution is -2.59. The summed E-state index contributed by atoms with van der Waals surface area (Å²) < 4.78 is 1.01. The highest BCUT2D eigenvalue weighted by molar-refractivity contribution is 9.11. The third-order valence-corrected chi connectivity index (χ3v) is 5.61. The average Bonchev–Trinajstić information content (AvgIpc) is 2.74. The highest BCUT2D eigenvalue weighted by atomic mass is 79.9. The number of hydrogen-bond acceptors (Lipinski definition) is 3. The van der Waals surface area contributed by atoms with Gasteiger partial charge in [0.05, 0.1) is 9.35 Å². The number of nitrogens with one attached hydrogen (secondary N) is 2. The number of carbonyl (C=O) groups is 1. The Kier molecular flexibility index (Phi) is 3.47. The Labute approximate surface area is 119 Å². The van der Waals surface area contributed by atoms with Gasteiger partial charge in [-0.15, -0.1) is 11.3 Å². The van der Waals surface area contributed by atoms with Crippen molar-refractivity contribution in [3.8, 4) is 0 Å². The second-order valence-corrected chi connectivity index (χ2v) is 7.65. The first-order valence-corrected chi connectivity index (χ1v) is 8.14. The molecule has 2 heterocycles. The monoisotopic (exact) mass is 328 g/mol. The first kappa shape index (κ1) is 12.6. The van der Waals surface area contributed by atoms with Gasteiger partial charge in [-0.3, -0.25) is 4.79 Å². The van der Waals surface area contributed by atoms with Crippen LogP contribution < -0.4 is 10.6 Å². The molecule has 5 heteroatoms. The van der Waals surface area contributed by atoms with Crippen LogP contribution in [0.5, 0.6) is 0 Å². The van der Waals surface area contributed by atoms with E-state index in [2.05, 4.69) is 26.6 Å². The lowest BCUT2D eigenvalue weighted by atomic mass is 9.70. The molecular weight excluding hydrogens is 312 g/mol. The Morgan fingerprint density at radius 1 is 1.56 bits per heavy atom. The van der Waals surface area contributed by atoms with E-state index in [1.54, 1.807) is 11.3 Å². The molecule has 1 aromatic rings. The Bertz CT molecular complexity index is 456. The molecule has 98 valence electrons. The van der Waals surface area contributed by atoms with E-state index in [0.29, 0.717) is 11.6 Å². The molecule has 0 aromatic carbocycles. The molecule has 1 spiro atoms. The van der Waals surface area contributed by atoms with Crippen LogP contribution in [-0.2, 0) is 0 Å². The van der Waals surface area contributed by atoms with E-state index in [-0.39, 0.29) is 5.91 Å². The summed E-state index contributed by atoms with van der Waals surface area (Å²) in [6.45, 7) is 1.03. The minimum absolute atomic E-state index is 0.0679. The zero-order chi connectivity index (χ0) is 12.6. The van der Waals surface area contributed by atoms with Crippen molar-refractivity contribution >= 4 is 33.2 Å². The van der Waals surface area contributed by atoms with Crippen molar-refractivity contribution in [2.45, 2.75) is 43.7 Å². The normalized spacial score (nSPS) is 25.7. The number of rotatable bonds is 2. The average molecular weight is 329 g/mol. The molecule has 1 aliphatic heterocycles. The van der Waals surface area contributed by atoms with E-state index in [1.807, 2.05) is 11.4 Å². The summed E-state index contributed by atoms with van der Waals surface area (Å²) >= 11 is 4.95. The summed E-state index contributed by atoms with van der Waals surface area (Å²) in [4.78, 5) is 12.1. The maximum atomic E-state index is 12.1. The topological polar surface area (TPSA) is 41.1 Å². The van der Waals surface area contributed by atoms with Gasteiger partial charge in [-0.25, -0.2) is 0 Å². The van der Waals surface area contributed by atoms with Crippen LogP contribution in [0.25, 0.3) is 0 Å². The third-order valence-electron chi connectivity index (χ3n) is 4.11. The maximum Gasteiger partial charge on any atom is 0.252 e. The number of carbonyl (C=O) groups excluding carboxylic acids is 1. The molecule has 1 unspecified atom stereocenters. The molecule has 18 heavy (non-hydrogen) atoms. The van der Waals surface area contributed by atoms with Crippen molar-refractivity contribution < 1.29 is 4.79 Å². The lowest BCUT2D eigenvalue weighted by molar-refractivity contribution is 0.0853. The van der Waals surface area contributed by atoms with Crippen LogP contribution in [0.2, 0.25) is 0 Å². The molecule has 1 saturated heterocycles. The molecule has 1 amide bonds. The van der Waals surface area contributed by atoms with Gasteiger partial charge >= 0.3 is 0 Å². The van der Waals surface area contributed by atoms with Crippen LogP contribution in [0, 0.1) is 0 Å². The third kappa shape index (κ3) is 2.49. The Balaban J connectivity index is 1.60. The molecule has 2 fully saturated rings. The molecule has 2 aliphatic rings. The van der Waals surface area contributed by atoms with Gasteiger partial charge in [-0.2, -0.15) is 0 Å². The SMILES string of the molecule is O=C(NC1CCNC2(CCC2)C1)c1csc(Br)c1. The fourth-order valence-corrected chi connectivity index (χ4v) is 4.10. The van der Waals surface area contributed by atoms with Crippen LogP contribution in [-0.4, -0.2) is 24.0 Å². The molecule has 1 saturated carbocycles.